The van der Waals surface area contributed by atoms with Crippen molar-refractivity contribution in [1.29, 1.82) is 0 Å². The first-order valence-electron chi connectivity index (χ1n) is 9.29. The summed E-state index contributed by atoms with van der Waals surface area (Å²) in [5.41, 5.74) is 6.94. The molecule has 0 unspecified atom stereocenters. The Balaban J connectivity index is 2.02. The average Bonchev–Trinajstić information content (AvgIpc) is 2.93. The SMILES string of the molecule is Cc1c(COc2c(F)cc(F)cc2F)c2c(O)cc(N=CCCCN)c(O)c2n1C. The van der Waals surface area contributed by atoms with Crippen molar-refractivity contribution in [2.75, 3.05) is 6.54 Å². The molecule has 0 atom stereocenters. The van der Waals surface area contributed by atoms with Crippen LogP contribution < -0.4 is 10.5 Å². The van der Waals surface area contributed by atoms with Crippen molar-refractivity contribution in [1.82, 2.24) is 4.57 Å². The first-order chi connectivity index (χ1) is 14.3. The molecule has 0 aliphatic rings. The minimum atomic E-state index is -1.17. The third kappa shape index (κ3) is 3.93. The highest BCUT2D eigenvalue weighted by Gasteiger charge is 2.22. The van der Waals surface area contributed by atoms with Crippen LogP contribution in [-0.2, 0) is 13.7 Å². The predicted octanol–water partition coefficient (Wildman–Crippen LogP) is 4.34. The monoisotopic (exact) mass is 421 g/mol. The van der Waals surface area contributed by atoms with Crippen LogP contribution in [0.4, 0.5) is 18.9 Å². The molecule has 0 saturated heterocycles. The summed E-state index contributed by atoms with van der Waals surface area (Å²) in [7, 11) is 1.67. The number of aromatic nitrogens is 1. The topological polar surface area (TPSA) is 93.0 Å². The molecule has 0 aliphatic carbocycles. The number of unbranched alkanes of at least 4 members (excludes halogenated alkanes) is 1. The molecule has 0 radical (unpaired) electrons. The van der Waals surface area contributed by atoms with Gasteiger partial charge in [-0.3, -0.25) is 4.99 Å². The lowest BCUT2D eigenvalue weighted by Gasteiger charge is -2.10. The second-order valence-corrected chi connectivity index (χ2v) is 6.84. The van der Waals surface area contributed by atoms with Crippen molar-refractivity contribution in [3.05, 3.63) is 46.9 Å². The summed E-state index contributed by atoms with van der Waals surface area (Å²) < 4.78 is 47.7. The van der Waals surface area contributed by atoms with Crippen LogP contribution in [-0.4, -0.2) is 27.5 Å². The molecular weight excluding hydrogens is 399 g/mol. The molecule has 1 aromatic heterocycles. The number of phenols is 2. The van der Waals surface area contributed by atoms with Crippen LogP contribution in [0.1, 0.15) is 24.1 Å². The Hall–Kier alpha value is -3.20. The Labute approximate surface area is 171 Å². The minimum Gasteiger partial charge on any atom is -0.507 e. The molecule has 9 heteroatoms. The molecule has 0 spiro atoms. The molecule has 3 aromatic rings. The van der Waals surface area contributed by atoms with Crippen LogP contribution in [0.3, 0.4) is 0 Å². The molecule has 0 amide bonds. The van der Waals surface area contributed by atoms with E-state index in [9.17, 15) is 23.4 Å². The van der Waals surface area contributed by atoms with Crippen LogP contribution in [0.5, 0.6) is 17.2 Å². The second-order valence-electron chi connectivity index (χ2n) is 6.84. The van der Waals surface area contributed by atoms with E-state index in [0.717, 1.165) is 6.42 Å². The van der Waals surface area contributed by atoms with Crippen molar-refractivity contribution in [3.63, 3.8) is 0 Å². The summed E-state index contributed by atoms with van der Waals surface area (Å²) in [6.07, 6.45) is 2.96. The fourth-order valence-corrected chi connectivity index (χ4v) is 3.26. The number of aryl methyl sites for hydroxylation is 1. The number of rotatable bonds is 7. The number of aromatic hydroxyl groups is 2. The lowest BCUT2D eigenvalue weighted by molar-refractivity contribution is 0.272. The molecule has 2 aromatic carbocycles. The zero-order valence-electron chi connectivity index (χ0n) is 16.5. The smallest absolute Gasteiger partial charge is 0.191 e. The first kappa shape index (κ1) is 21.5. The molecule has 6 nitrogen and oxygen atoms in total. The van der Waals surface area contributed by atoms with Crippen molar-refractivity contribution in [2.45, 2.75) is 26.4 Å². The van der Waals surface area contributed by atoms with Crippen molar-refractivity contribution in [3.8, 4) is 17.2 Å². The Kier molecular flexibility index (Phi) is 6.21. The maximum absolute atomic E-state index is 13.9. The quantitative estimate of drug-likeness (QED) is 0.301. The van der Waals surface area contributed by atoms with E-state index in [1.807, 2.05) is 0 Å². The molecule has 0 saturated carbocycles. The van der Waals surface area contributed by atoms with E-state index in [0.29, 0.717) is 41.9 Å². The molecule has 1 heterocycles. The molecule has 160 valence electrons. The summed E-state index contributed by atoms with van der Waals surface area (Å²) in [5.74, 6) is -4.45. The average molecular weight is 421 g/mol. The summed E-state index contributed by atoms with van der Waals surface area (Å²) in [5, 5.41) is 21.5. The zero-order chi connectivity index (χ0) is 22.0. The Bertz CT molecular complexity index is 1100. The number of fused-ring (bicyclic) bond motifs is 1. The largest absolute Gasteiger partial charge is 0.507 e. The predicted molar refractivity (Wildman–Crippen MR) is 108 cm³/mol. The van der Waals surface area contributed by atoms with Gasteiger partial charge in [0.25, 0.3) is 0 Å². The van der Waals surface area contributed by atoms with Crippen molar-refractivity contribution < 1.29 is 28.1 Å². The highest BCUT2D eigenvalue weighted by atomic mass is 19.1. The fraction of sp³-hybridized carbons (Fsp3) is 0.286. The second kappa shape index (κ2) is 8.66. The van der Waals surface area contributed by atoms with Crippen LogP contribution in [0, 0.1) is 24.4 Å². The van der Waals surface area contributed by atoms with E-state index in [1.54, 1.807) is 24.8 Å². The molecule has 4 N–H and O–H groups in total. The number of phenolic OH excluding ortho intramolecular Hbond substituents is 2. The van der Waals surface area contributed by atoms with Gasteiger partial charge >= 0.3 is 0 Å². The third-order valence-corrected chi connectivity index (χ3v) is 4.90. The number of aliphatic imine (C=N–C) groups is 1. The van der Waals surface area contributed by atoms with E-state index >= 15 is 0 Å². The lowest BCUT2D eigenvalue weighted by atomic mass is 10.1. The minimum absolute atomic E-state index is 0.150. The van der Waals surface area contributed by atoms with Crippen LogP contribution in [0.15, 0.2) is 23.2 Å². The summed E-state index contributed by atoms with van der Waals surface area (Å²) in [4.78, 5) is 4.19. The number of nitrogens with two attached hydrogens (primary N) is 1. The van der Waals surface area contributed by atoms with E-state index in [4.69, 9.17) is 10.5 Å². The van der Waals surface area contributed by atoms with Gasteiger partial charge in [0.15, 0.2) is 23.1 Å². The van der Waals surface area contributed by atoms with Gasteiger partial charge < -0.3 is 25.3 Å². The maximum Gasteiger partial charge on any atom is 0.191 e. The van der Waals surface area contributed by atoms with Crippen LogP contribution in [0.25, 0.3) is 10.9 Å². The lowest BCUT2D eigenvalue weighted by Crippen LogP contribution is -2.02. The van der Waals surface area contributed by atoms with E-state index in [-0.39, 0.29) is 29.2 Å². The van der Waals surface area contributed by atoms with Gasteiger partial charge in [0, 0.05) is 42.7 Å². The first-order valence-corrected chi connectivity index (χ1v) is 9.29. The molecular formula is C21H22F3N3O3. The van der Waals surface area contributed by atoms with E-state index in [1.165, 1.54) is 6.07 Å². The highest BCUT2D eigenvalue weighted by molar-refractivity contribution is 5.99. The van der Waals surface area contributed by atoms with Crippen molar-refractivity contribution >= 4 is 22.8 Å². The molecule has 30 heavy (non-hydrogen) atoms. The Morgan fingerprint density at radius 1 is 1.17 bits per heavy atom. The zero-order valence-corrected chi connectivity index (χ0v) is 16.5. The van der Waals surface area contributed by atoms with E-state index in [2.05, 4.69) is 4.99 Å². The molecule has 0 fully saturated rings. The number of halogens is 3. The molecule has 0 bridgehead atoms. The molecule has 3 rings (SSSR count). The van der Waals surface area contributed by atoms with Crippen LogP contribution in [0.2, 0.25) is 0 Å². The molecule has 0 aliphatic heterocycles. The summed E-state index contributed by atoms with van der Waals surface area (Å²) in [6.45, 7) is 1.91. The van der Waals surface area contributed by atoms with Gasteiger partial charge in [-0.25, -0.2) is 13.2 Å². The van der Waals surface area contributed by atoms with Gasteiger partial charge in [0.1, 0.15) is 23.9 Å². The maximum atomic E-state index is 13.9. The highest BCUT2D eigenvalue weighted by Crippen LogP contribution is 2.44. The summed E-state index contributed by atoms with van der Waals surface area (Å²) in [6, 6.07) is 2.35. The van der Waals surface area contributed by atoms with Gasteiger partial charge in [-0.2, -0.15) is 0 Å². The fourth-order valence-electron chi connectivity index (χ4n) is 3.26. The van der Waals surface area contributed by atoms with Crippen molar-refractivity contribution in [2.24, 2.45) is 17.8 Å². The number of nitrogens with zero attached hydrogens (tertiary/aromatic N) is 2. The van der Waals surface area contributed by atoms with Gasteiger partial charge in [-0.05, 0) is 26.3 Å². The van der Waals surface area contributed by atoms with Gasteiger partial charge in [0.2, 0.25) is 0 Å². The number of ether oxygens (including phenoxy) is 1. The third-order valence-electron chi connectivity index (χ3n) is 4.90. The standard InChI is InChI=1S/C21H22F3N3O3/c1-11-13(10-30-21-14(23)7-12(22)8-15(21)24)18-17(28)9-16(26-6-4-3-5-25)20(29)19(18)27(11)2/h6-9,28-29H,3-5,10,25H2,1-2H3. The number of hydrogen-bond donors (Lipinski definition) is 3. The number of hydrogen-bond acceptors (Lipinski definition) is 5. The van der Waals surface area contributed by atoms with Crippen LogP contribution >= 0.6 is 0 Å². The van der Waals surface area contributed by atoms with Gasteiger partial charge in [-0.15, -0.1) is 0 Å². The van der Waals surface area contributed by atoms with Gasteiger partial charge in [-0.1, -0.05) is 0 Å². The summed E-state index contributed by atoms with van der Waals surface area (Å²) >= 11 is 0. The van der Waals surface area contributed by atoms with Gasteiger partial charge in [0.05, 0.1) is 10.9 Å². The van der Waals surface area contributed by atoms with E-state index < -0.39 is 23.2 Å². The Morgan fingerprint density at radius 2 is 1.83 bits per heavy atom. The normalized spacial score (nSPS) is 11.7. The Morgan fingerprint density at radius 3 is 2.47 bits per heavy atom. The number of benzene rings is 2.